The van der Waals surface area contributed by atoms with Crippen molar-refractivity contribution >= 4 is 17.5 Å². The van der Waals surface area contributed by atoms with Crippen LogP contribution in [0.5, 0.6) is 5.75 Å². The summed E-state index contributed by atoms with van der Waals surface area (Å²) in [5.41, 5.74) is 0.742. The summed E-state index contributed by atoms with van der Waals surface area (Å²) in [5.74, 6) is 0.589. The first-order chi connectivity index (χ1) is 12.1. The molecule has 0 saturated carbocycles. The lowest BCUT2D eigenvalue weighted by atomic mass is 10.1. The number of hydrogen-bond acceptors (Lipinski definition) is 4. The van der Waals surface area contributed by atoms with Crippen LogP contribution in [0.1, 0.15) is 33.1 Å². The van der Waals surface area contributed by atoms with Gasteiger partial charge in [0, 0.05) is 25.6 Å². The molecule has 0 spiro atoms. The molecule has 0 aromatic heterocycles. The van der Waals surface area contributed by atoms with E-state index >= 15 is 0 Å². The molecule has 0 radical (unpaired) electrons. The molecule has 2 atom stereocenters. The number of likely N-dealkylation sites (N-methyl/N-ethyl adjacent to an activating group) is 1. The van der Waals surface area contributed by atoms with Crippen LogP contribution in [0, 0.1) is 0 Å². The fourth-order valence-electron chi connectivity index (χ4n) is 3.67. The highest BCUT2D eigenvalue weighted by Gasteiger charge is 2.31. The fraction of sp³-hybridized carbons (Fsp3) is 0.579. The Hall–Kier alpha value is -2.08. The van der Waals surface area contributed by atoms with Gasteiger partial charge in [-0.2, -0.15) is 0 Å². The van der Waals surface area contributed by atoms with E-state index in [1.165, 1.54) is 6.42 Å². The van der Waals surface area contributed by atoms with Crippen molar-refractivity contribution in [1.29, 1.82) is 0 Å². The van der Waals surface area contributed by atoms with E-state index in [4.69, 9.17) is 4.74 Å². The van der Waals surface area contributed by atoms with Crippen LogP contribution in [-0.2, 0) is 9.59 Å². The van der Waals surface area contributed by atoms with Crippen LogP contribution in [-0.4, -0.2) is 55.0 Å². The van der Waals surface area contributed by atoms with Gasteiger partial charge in [0.2, 0.25) is 5.91 Å². The molecule has 25 heavy (non-hydrogen) atoms. The van der Waals surface area contributed by atoms with Gasteiger partial charge >= 0.3 is 0 Å². The van der Waals surface area contributed by atoms with Gasteiger partial charge in [-0.05, 0) is 45.0 Å². The van der Waals surface area contributed by atoms with Crippen LogP contribution < -0.4 is 15.0 Å². The molecule has 0 unspecified atom stereocenters. The Balaban J connectivity index is 1.54. The fourth-order valence-corrected chi connectivity index (χ4v) is 3.67. The third-order valence-corrected chi connectivity index (χ3v) is 5.08. The summed E-state index contributed by atoms with van der Waals surface area (Å²) in [6.45, 7) is 7.10. The predicted molar refractivity (Wildman–Crippen MR) is 96.8 cm³/mol. The molecule has 2 aliphatic heterocycles. The minimum Gasteiger partial charge on any atom is -0.479 e. The predicted octanol–water partition coefficient (Wildman–Crippen LogP) is 1.79. The summed E-state index contributed by atoms with van der Waals surface area (Å²) >= 11 is 0. The van der Waals surface area contributed by atoms with Gasteiger partial charge in [-0.3, -0.25) is 14.5 Å². The lowest BCUT2D eigenvalue weighted by molar-refractivity contribution is -0.125. The van der Waals surface area contributed by atoms with Gasteiger partial charge in [0.25, 0.3) is 5.91 Å². The number of carbonyl (C=O) groups is 2. The average molecular weight is 345 g/mol. The van der Waals surface area contributed by atoms with Crippen molar-refractivity contribution in [1.82, 2.24) is 10.2 Å². The number of para-hydroxylation sites is 2. The summed E-state index contributed by atoms with van der Waals surface area (Å²) in [5, 5.41) is 3.03. The first-order valence-electron chi connectivity index (χ1n) is 9.18. The molecule has 1 saturated heterocycles. The zero-order valence-corrected chi connectivity index (χ0v) is 15.0. The summed E-state index contributed by atoms with van der Waals surface area (Å²) in [7, 11) is 0. The Kier molecular flexibility index (Phi) is 5.58. The van der Waals surface area contributed by atoms with Crippen molar-refractivity contribution in [3.05, 3.63) is 24.3 Å². The Bertz CT molecular complexity index is 634. The van der Waals surface area contributed by atoms with Crippen molar-refractivity contribution in [2.45, 2.75) is 45.3 Å². The molecule has 3 rings (SSSR count). The molecular weight excluding hydrogens is 318 g/mol. The molecule has 2 aliphatic rings. The van der Waals surface area contributed by atoms with Crippen LogP contribution in [0.25, 0.3) is 0 Å². The van der Waals surface area contributed by atoms with Gasteiger partial charge in [0.1, 0.15) is 5.75 Å². The highest BCUT2D eigenvalue weighted by atomic mass is 16.5. The minimum absolute atomic E-state index is 0.00706. The maximum Gasteiger partial charge on any atom is 0.267 e. The summed E-state index contributed by atoms with van der Waals surface area (Å²) in [6.07, 6.45) is 2.12. The van der Waals surface area contributed by atoms with E-state index in [9.17, 15) is 9.59 Å². The minimum atomic E-state index is -0.519. The first-order valence-corrected chi connectivity index (χ1v) is 9.18. The highest BCUT2D eigenvalue weighted by Crippen LogP contribution is 2.33. The van der Waals surface area contributed by atoms with E-state index in [-0.39, 0.29) is 11.8 Å². The van der Waals surface area contributed by atoms with Crippen LogP contribution in [0.2, 0.25) is 0 Å². The second-order valence-corrected chi connectivity index (χ2v) is 6.70. The zero-order chi connectivity index (χ0) is 17.8. The number of amides is 2. The van der Waals surface area contributed by atoms with Gasteiger partial charge in [0.05, 0.1) is 5.69 Å². The van der Waals surface area contributed by atoms with Crippen molar-refractivity contribution in [3.63, 3.8) is 0 Å². The lowest BCUT2D eigenvalue weighted by Crippen LogP contribution is -2.46. The number of carbonyl (C=O) groups excluding carboxylic acids is 2. The topological polar surface area (TPSA) is 61.9 Å². The largest absolute Gasteiger partial charge is 0.479 e. The van der Waals surface area contributed by atoms with E-state index in [1.807, 2.05) is 24.3 Å². The number of likely N-dealkylation sites (tertiary alicyclic amines) is 1. The lowest BCUT2D eigenvalue weighted by Gasteiger charge is -2.32. The van der Waals surface area contributed by atoms with E-state index in [2.05, 4.69) is 17.1 Å². The highest BCUT2D eigenvalue weighted by molar-refractivity contribution is 6.00. The third kappa shape index (κ3) is 3.95. The number of ether oxygens (including phenoxy) is 1. The Morgan fingerprint density at radius 2 is 2.16 bits per heavy atom. The maximum atomic E-state index is 12.4. The summed E-state index contributed by atoms with van der Waals surface area (Å²) in [6, 6.07) is 7.91. The number of benzene rings is 1. The molecule has 1 aromatic carbocycles. The van der Waals surface area contributed by atoms with Crippen LogP contribution >= 0.6 is 0 Å². The van der Waals surface area contributed by atoms with Gasteiger partial charge < -0.3 is 15.0 Å². The number of rotatable bonds is 6. The monoisotopic (exact) mass is 345 g/mol. The van der Waals surface area contributed by atoms with E-state index < -0.39 is 6.10 Å². The molecule has 2 amide bonds. The van der Waals surface area contributed by atoms with Crippen LogP contribution in [0.4, 0.5) is 5.69 Å². The van der Waals surface area contributed by atoms with Gasteiger partial charge in [-0.25, -0.2) is 0 Å². The number of hydrogen-bond donors (Lipinski definition) is 1. The first kappa shape index (κ1) is 17.7. The summed E-state index contributed by atoms with van der Waals surface area (Å²) < 4.78 is 5.62. The molecule has 1 aromatic rings. The average Bonchev–Trinajstić information content (AvgIpc) is 3.08. The van der Waals surface area contributed by atoms with Crippen molar-refractivity contribution in [2.75, 3.05) is 31.1 Å². The second kappa shape index (κ2) is 7.87. The SMILES string of the molecule is CCN1CCC[C@H]1CNC(=O)CCN1C(=O)[C@H](C)Oc2ccccc21. The molecule has 1 fully saturated rings. The van der Waals surface area contributed by atoms with Gasteiger partial charge in [0.15, 0.2) is 6.10 Å². The number of nitrogens with one attached hydrogen (secondary N) is 1. The molecule has 136 valence electrons. The molecule has 1 N–H and O–H groups in total. The number of nitrogens with zero attached hydrogens (tertiary/aromatic N) is 2. The van der Waals surface area contributed by atoms with E-state index in [0.29, 0.717) is 31.3 Å². The smallest absolute Gasteiger partial charge is 0.267 e. The zero-order valence-electron chi connectivity index (χ0n) is 15.0. The molecular formula is C19H27N3O3. The maximum absolute atomic E-state index is 12.4. The third-order valence-electron chi connectivity index (χ3n) is 5.08. The molecule has 6 heteroatoms. The molecule has 0 aliphatic carbocycles. The Labute approximate surface area is 149 Å². The van der Waals surface area contributed by atoms with Crippen molar-refractivity contribution < 1.29 is 14.3 Å². The molecule has 2 heterocycles. The van der Waals surface area contributed by atoms with E-state index in [0.717, 1.165) is 25.2 Å². The van der Waals surface area contributed by atoms with Gasteiger partial charge in [-0.15, -0.1) is 0 Å². The normalized spacial score (nSPS) is 23.3. The quantitative estimate of drug-likeness (QED) is 0.854. The molecule has 6 nitrogen and oxygen atoms in total. The van der Waals surface area contributed by atoms with E-state index in [1.54, 1.807) is 11.8 Å². The van der Waals surface area contributed by atoms with Crippen LogP contribution in [0.3, 0.4) is 0 Å². The van der Waals surface area contributed by atoms with Crippen molar-refractivity contribution in [2.24, 2.45) is 0 Å². The van der Waals surface area contributed by atoms with Crippen molar-refractivity contribution in [3.8, 4) is 5.75 Å². The standard InChI is InChI=1S/C19H27N3O3/c1-3-21-11-6-7-15(21)13-20-18(23)10-12-22-16-8-4-5-9-17(16)25-14(2)19(22)24/h4-5,8-9,14-15H,3,6-7,10-13H2,1-2H3,(H,20,23)/t14-,15-/m0/s1. The Morgan fingerprint density at radius 1 is 1.36 bits per heavy atom. The van der Waals surface area contributed by atoms with Gasteiger partial charge in [-0.1, -0.05) is 19.1 Å². The number of fused-ring (bicyclic) bond motifs is 1. The Morgan fingerprint density at radius 3 is 2.96 bits per heavy atom. The van der Waals surface area contributed by atoms with Crippen LogP contribution in [0.15, 0.2) is 24.3 Å². The number of anilines is 1. The molecule has 0 bridgehead atoms. The second-order valence-electron chi connectivity index (χ2n) is 6.70. The summed E-state index contributed by atoms with van der Waals surface area (Å²) in [4.78, 5) is 28.7.